The summed E-state index contributed by atoms with van der Waals surface area (Å²) in [5, 5.41) is 12.0. The molecular formula is C19H17N3O4. The van der Waals surface area contributed by atoms with Gasteiger partial charge in [-0.2, -0.15) is 0 Å². The first-order valence-corrected chi connectivity index (χ1v) is 8.28. The minimum absolute atomic E-state index is 0.0784. The smallest absolute Gasteiger partial charge is 0.270 e. The van der Waals surface area contributed by atoms with E-state index < -0.39 is 4.92 Å². The number of nitrogens with zero attached hydrogens (tertiary/aromatic N) is 2. The molecule has 0 saturated carbocycles. The Kier molecular flexibility index (Phi) is 3.84. The molecule has 1 amide bonds. The molecule has 0 spiro atoms. The van der Waals surface area contributed by atoms with Gasteiger partial charge in [-0.3, -0.25) is 14.9 Å². The molecule has 1 N–H and O–H groups in total. The number of nitro groups is 1. The van der Waals surface area contributed by atoms with Crippen LogP contribution in [0.25, 0.3) is 10.9 Å². The number of aromatic amines is 1. The maximum atomic E-state index is 12.8. The van der Waals surface area contributed by atoms with Crippen molar-refractivity contribution >= 4 is 22.5 Å². The normalized spacial score (nSPS) is 13.5. The molecule has 0 fully saturated rings. The molecule has 0 atom stereocenters. The minimum Gasteiger partial charge on any atom is -0.497 e. The highest BCUT2D eigenvalue weighted by molar-refractivity contribution is 5.95. The summed E-state index contributed by atoms with van der Waals surface area (Å²) >= 11 is 0. The van der Waals surface area contributed by atoms with Gasteiger partial charge in [-0.15, -0.1) is 0 Å². The summed E-state index contributed by atoms with van der Waals surface area (Å²) in [6.45, 7) is 1.03. The number of carbonyl (C=O) groups excluding carboxylic acids is 1. The lowest BCUT2D eigenvalue weighted by Gasteiger charge is -2.27. The highest BCUT2D eigenvalue weighted by atomic mass is 16.6. The Morgan fingerprint density at radius 2 is 2.12 bits per heavy atom. The largest absolute Gasteiger partial charge is 0.497 e. The van der Waals surface area contributed by atoms with Crippen molar-refractivity contribution < 1.29 is 14.5 Å². The lowest BCUT2D eigenvalue weighted by Crippen LogP contribution is -2.35. The zero-order chi connectivity index (χ0) is 18.3. The molecule has 2 aromatic carbocycles. The number of H-pyrrole nitrogens is 1. The minimum atomic E-state index is -0.489. The van der Waals surface area contributed by atoms with Gasteiger partial charge in [-0.25, -0.2) is 0 Å². The number of carbonyl (C=O) groups is 1. The molecule has 1 aromatic heterocycles. The first-order chi connectivity index (χ1) is 12.6. The monoisotopic (exact) mass is 351 g/mol. The summed E-state index contributed by atoms with van der Waals surface area (Å²) in [5.74, 6) is 0.568. The number of non-ortho nitro benzene ring substituents is 1. The van der Waals surface area contributed by atoms with Crippen LogP contribution in [0.5, 0.6) is 5.75 Å². The number of methoxy groups -OCH3 is 1. The Balaban J connectivity index is 1.66. The third kappa shape index (κ3) is 2.67. The van der Waals surface area contributed by atoms with E-state index in [1.165, 1.54) is 18.2 Å². The average molecular weight is 351 g/mol. The van der Waals surface area contributed by atoms with Gasteiger partial charge >= 0.3 is 0 Å². The molecule has 3 aromatic rings. The van der Waals surface area contributed by atoms with Crippen molar-refractivity contribution in [2.45, 2.75) is 13.0 Å². The van der Waals surface area contributed by atoms with Crippen LogP contribution in [0.3, 0.4) is 0 Å². The summed E-state index contributed by atoms with van der Waals surface area (Å²) in [5.41, 5.74) is 3.46. The fourth-order valence-electron chi connectivity index (χ4n) is 3.43. The number of amides is 1. The Labute approximate surface area is 149 Å². The van der Waals surface area contributed by atoms with Crippen molar-refractivity contribution in [2.75, 3.05) is 13.7 Å². The van der Waals surface area contributed by atoms with Gasteiger partial charge in [0.05, 0.1) is 12.0 Å². The highest BCUT2D eigenvalue weighted by Gasteiger charge is 2.25. The first kappa shape index (κ1) is 16.1. The molecule has 1 aliphatic rings. The fraction of sp³-hybridized carbons (Fsp3) is 0.211. The zero-order valence-electron chi connectivity index (χ0n) is 14.2. The van der Waals surface area contributed by atoms with Crippen LogP contribution in [-0.4, -0.2) is 34.4 Å². The molecule has 0 aliphatic carbocycles. The first-order valence-electron chi connectivity index (χ1n) is 8.28. The van der Waals surface area contributed by atoms with E-state index in [1.54, 1.807) is 18.1 Å². The van der Waals surface area contributed by atoms with Gasteiger partial charge in [0.1, 0.15) is 5.75 Å². The third-order valence-corrected chi connectivity index (χ3v) is 4.77. The Hall–Kier alpha value is -3.35. The van der Waals surface area contributed by atoms with Gasteiger partial charge in [-0.1, -0.05) is 6.07 Å². The van der Waals surface area contributed by atoms with Gasteiger partial charge in [-0.05, 0) is 24.3 Å². The molecule has 7 nitrogen and oxygen atoms in total. The molecule has 0 unspecified atom stereocenters. The topological polar surface area (TPSA) is 88.5 Å². The number of rotatable bonds is 3. The second-order valence-corrected chi connectivity index (χ2v) is 6.28. The van der Waals surface area contributed by atoms with Crippen molar-refractivity contribution in [3.63, 3.8) is 0 Å². The number of nitro benzene ring substituents is 1. The highest BCUT2D eigenvalue weighted by Crippen LogP contribution is 2.31. The summed E-state index contributed by atoms with van der Waals surface area (Å²) in [7, 11) is 1.62. The van der Waals surface area contributed by atoms with E-state index in [0.29, 0.717) is 25.1 Å². The molecule has 4 rings (SSSR count). The third-order valence-electron chi connectivity index (χ3n) is 4.77. The molecule has 1 aliphatic heterocycles. The number of benzene rings is 2. The number of hydrogen-bond acceptors (Lipinski definition) is 4. The van der Waals surface area contributed by atoms with Crippen molar-refractivity contribution in [1.82, 2.24) is 9.88 Å². The Morgan fingerprint density at radius 3 is 2.88 bits per heavy atom. The zero-order valence-corrected chi connectivity index (χ0v) is 14.2. The standard InChI is InChI=1S/C19H17N3O4/c1-26-14-5-6-17-15(10-14)16-11-21(8-7-18(16)20-17)19(23)12-3-2-4-13(9-12)22(24)25/h2-6,9-10,20H,7-8,11H2,1H3. The van der Waals surface area contributed by atoms with E-state index in [2.05, 4.69) is 4.98 Å². The Morgan fingerprint density at radius 1 is 1.27 bits per heavy atom. The van der Waals surface area contributed by atoms with Crippen LogP contribution in [0, 0.1) is 10.1 Å². The van der Waals surface area contributed by atoms with Crippen LogP contribution in [0.4, 0.5) is 5.69 Å². The Bertz CT molecular complexity index is 1020. The number of nitrogens with one attached hydrogen (secondary N) is 1. The van der Waals surface area contributed by atoms with E-state index in [4.69, 9.17) is 4.74 Å². The number of fused-ring (bicyclic) bond motifs is 3. The molecule has 0 bridgehead atoms. The second-order valence-electron chi connectivity index (χ2n) is 6.28. The van der Waals surface area contributed by atoms with Crippen molar-refractivity contribution in [3.8, 4) is 5.75 Å². The quantitative estimate of drug-likeness (QED) is 0.579. The summed E-state index contributed by atoms with van der Waals surface area (Å²) in [4.78, 5) is 28.4. The van der Waals surface area contributed by atoms with Crippen LogP contribution in [-0.2, 0) is 13.0 Å². The van der Waals surface area contributed by atoms with Crippen molar-refractivity contribution in [1.29, 1.82) is 0 Å². The maximum absolute atomic E-state index is 12.8. The van der Waals surface area contributed by atoms with E-state index in [1.807, 2.05) is 18.2 Å². The van der Waals surface area contributed by atoms with E-state index in [-0.39, 0.29) is 11.6 Å². The van der Waals surface area contributed by atoms with Crippen molar-refractivity contribution in [2.24, 2.45) is 0 Å². The van der Waals surface area contributed by atoms with Gasteiger partial charge in [0.2, 0.25) is 0 Å². The fourth-order valence-corrected chi connectivity index (χ4v) is 3.43. The van der Waals surface area contributed by atoms with Gasteiger partial charge in [0, 0.05) is 59.4 Å². The van der Waals surface area contributed by atoms with Crippen molar-refractivity contribution in [3.05, 3.63) is 69.4 Å². The number of hydrogen-bond donors (Lipinski definition) is 1. The maximum Gasteiger partial charge on any atom is 0.270 e. The second kappa shape index (κ2) is 6.18. The molecule has 0 radical (unpaired) electrons. The van der Waals surface area contributed by atoms with E-state index in [0.717, 1.165) is 27.9 Å². The molecule has 0 saturated heterocycles. The molecule has 7 heteroatoms. The van der Waals surface area contributed by atoms with E-state index >= 15 is 0 Å². The van der Waals surface area contributed by atoms with Crippen LogP contribution in [0.2, 0.25) is 0 Å². The number of ether oxygens (including phenoxy) is 1. The predicted octanol–water partition coefficient (Wildman–Crippen LogP) is 3.28. The van der Waals surface area contributed by atoms with Gasteiger partial charge < -0.3 is 14.6 Å². The van der Waals surface area contributed by atoms with Crippen LogP contribution < -0.4 is 4.74 Å². The summed E-state index contributed by atoms with van der Waals surface area (Å²) in [6, 6.07) is 11.7. The average Bonchev–Trinajstić information content (AvgIpc) is 3.04. The van der Waals surface area contributed by atoms with Crippen LogP contribution >= 0.6 is 0 Å². The summed E-state index contributed by atoms with van der Waals surface area (Å²) in [6.07, 6.45) is 0.715. The lowest BCUT2D eigenvalue weighted by atomic mass is 10.0. The molecular weight excluding hydrogens is 334 g/mol. The molecule has 132 valence electrons. The van der Waals surface area contributed by atoms with E-state index in [9.17, 15) is 14.9 Å². The lowest BCUT2D eigenvalue weighted by molar-refractivity contribution is -0.384. The number of aromatic nitrogens is 1. The van der Waals surface area contributed by atoms with Gasteiger partial charge in [0.25, 0.3) is 11.6 Å². The van der Waals surface area contributed by atoms with Gasteiger partial charge in [0.15, 0.2) is 0 Å². The van der Waals surface area contributed by atoms with Crippen LogP contribution in [0.15, 0.2) is 42.5 Å². The predicted molar refractivity (Wildman–Crippen MR) is 96.4 cm³/mol. The molecule has 26 heavy (non-hydrogen) atoms. The summed E-state index contributed by atoms with van der Waals surface area (Å²) < 4.78 is 5.30. The van der Waals surface area contributed by atoms with Crippen LogP contribution in [0.1, 0.15) is 21.6 Å². The SMILES string of the molecule is COc1ccc2[nH]c3c(c2c1)CN(C(=O)c1cccc([N+](=O)[O-])c1)CC3. The molecule has 2 heterocycles.